The zero-order valence-electron chi connectivity index (χ0n) is 6.71. The van der Waals surface area contributed by atoms with Crippen LogP contribution in [0.5, 0.6) is 0 Å². The quantitative estimate of drug-likeness (QED) is 0.629. The third-order valence-corrected chi connectivity index (χ3v) is 3.72. The van der Waals surface area contributed by atoms with Crippen LogP contribution in [-0.2, 0) is 4.57 Å². The van der Waals surface area contributed by atoms with Crippen LogP contribution in [0.25, 0.3) is 0 Å². The summed E-state index contributed by atoms with van der Waals surface area (Å²) in [6.07, 6.45) is 2.33. The molecule has 0 rings (SSSR count). The van der Waals surface area contributed by atoms with E-state index in [1.165, 1.54) is 0 Å². The van der Waals surface area contributed by atoms with Crippen LogP contribution in [0.3, 0.4) is 0 Å². The highest BCUT2D eigenvalue weighted by atomic mass is 31.1. The second-order valence-electron chi connectivity index (χ2n) is 2.48. The van der Waals surface area contributed by atoms with Crippen molar-refractivity contribution in [3.05, 3.63) is 0 Å². The molecule has 1 N–H and O–H groups in total. The van der Waals surface area contributed by atoms with E-state index in [0.717, 1.165) is 6.42 Å². The van der Waals surface area contributed by atoms with Gasteiger partial charge in [-0.2, -0.15) is 0 Å². The normalized spacial score (nSPS) is 14.9. The van der Waals surface area contributed by atoms with Gasteiger partial charge in [-0.15, -0.1) is 0 Å². The van der Waals surface area contributed by atoms with Crippen LogP contribution < -0.4 is 0 Å². The maximum absolute atomic E-state index is 11.2. The second kappa shape index (κ2) is 5.82. The molecule has 0 aromatic heterocycles. The molecule has 0 aliphatic carbocycles. The highest BCUT2D eigenvalue weighted by Crippen LogP contribution is 2.30. The largest absolute Gasteiger partial charge is 0.396 e. The van der Waals surface area contributed by atoms with Gasteiger partial charge in [-0.05, 0) is 13.3 Å². The van der Waals surface area contributed by atoms with Gasteiger partial charge in [0.2, 0.25) is 0 Å². The Morgan fingerprint density at radius 2 is 2.20 bits per heavy atom. The van der Waals surface area contributed by atoms with Crippen LogP contribution >= 0.6 is 7.80 Å². The van der Waals surface area contributed by atoms with E-state index >= 15 is 0 Å². The first-order valence-corrected chi connectivity index (χ1v) is 5.28. The maximum Gasteiger partial charge on any atom is 0.341 e. The molecule has 0 aliphatic rings. The molecular formula is C7H16O2P+. The Balaban J connectivity index is 3.42. The molecule has 0 spiro atoms. The number of hydrogen-bond donors (Lipinski definition) is 1. The summed E-state index contributed by atoms with van der Waals surface area (Å²) in [7, 11) is -1.06. The van der Waals surface area contributed by atoms with E-state index in [4.69, 9.17) is 5.11 Å². The zero-order chi connectivity index (χ0) is 7.98. The SMILES string of the molecule is CCC(C)[P+](=O)CCCO. The number of hydrogen-bond acceptors (Lipinski definition) is 2. The molecule has 10 heavy (non-hydrogen) atoms. The van der Waals surface area contributed by atoms with Gasteiger partial charge in [0.1, 0.15) is 6.16 Å². The topological polar surface area (TPSA) is 37.3 Å². The lowest BCUT2D eigenvalue weighted by molar-refractivity contribution is 0.295. The Morgan fingerprint density at radius 1 is 1.60 bits per heavy atom. The molecule has 2 atom stereocenters. The van der Waals surface area contributed by atoms with Crippen molar-refractivity contribution in [3.63, 3.8) is 0 Å². The van der Waals surface area contributed by atoms with Gasteiger partial charge >= 0.3 is 7.80 Å². The van der Waals surface area contributed by atoms with Gasteiger partial charge in [0.05, 0.1) is 0 Å². The lowest BCUT2D eigenvalue weighted by Gasteiger charge is -1.93. The minimum atomic E-state index is -1.06. The van der Waals surface area contributed by atoms with Gasteiger partial charge in [-0.25, -0.2) is 0 Å². The summed E-state index contributed by atoms with van der Waals surface area (Å²) < 4.78 is 11.2. The van der Waals surface area contributed by atoms with Gasteiger partial charge in [0, 0.05) is 13.0 Å². The van der Waals surface area contributed by atoms with Crippen LogP contribution in [-0.4, -0.2) is 23.5 Å². The van der Waals surface area contributed by atoms with Gasteiger partial charge in [-0.1, -0.05) is 11.5 Å². The third kappa shape index (κ3) is 3.97. The van der Waals surface area contributed by atoms with Crippen molar-refractivity contribution in [2.45, 2.75) is 32.3 Å². The second-order valence-corrected chi connectivity index (χ2v) is 4.64. The van der Waals surface area contributed by atoms with E-state index in [2.05, 4.69) is 0 Å². The lowest BCUT2D eigenvalue weighted by atomic mass is 10.4. The molecule has 0 bridgehead atoms. The Hall–Kier alpha value is 0.0600. The molecule has 60 valence electrons. The summed E-state index contributed by atoms with van der Waals surface area (Å²) in [6, 6.07) is 0. The molecule has 0 saturated heterocycles. The standard InChI is InChI=1S/C7H16O2P/c1-3-7(2)10(9)6-4-5-8/h7-8H,3-6H2,1-2H3/q+1. The monoisotopic (exact) mass is 163 g/mol. The number of rotatable bonds is 5. The van der Waals surface area contributed by atoms with E-state index < -0.39 is 7.80 Å². The van der Waals surface area contributed by atoms with Crippen LogP contribution in [0.2, 0.25) is 0 Å². The van der Waals surface area contributed by atoms with Crippen molar-refractivity contribution < 1.29 is 9.67 Å². The molecule has 3 heteroatoms. The summed E-state index contributed by atoms with van der Waals surface area (Å²) in [5, 5.41) is 8.44. The van der Waals surface area contributed by atoms with Crippen molar-refractivity contribution in [1.29, 1.82) is 0 Å². The van der Waals surface area contributed by atoms with E-state index in [0.29, 0.717) is 18.2 Å². The van der Waals surface area contributed by atoms with Gasteiger partial charge in [0.25, 0.3) is 0 Å². The molecule has 0 aliphatic heterocycles. The van der Waals surface area contributed by atoms with Crippen LogP contribution in [0.15, 0.2) is 0 Å². The predicted octanol–water partition coefficient (Wildman–Crippen LogP) is 1.99. The van der Waals surface area contributed by atoms with Crippen molar-refractivity contribution in [2.75, 3.05) is 12.8 Å². The van der Waals surface area contributed by atoms with Crippen molar-refractivity contribution >= 4 is 7.80 Å². The molecule has 0 aromatic rings. The van der Waals surface area contributed by atoms with Gasteiger partial charge in [0.15, 0.2) is 5.66 Å². The average Bonchev–Trinajstić information content (AvgIpc) is 1.98. The van der Waals surface area contributed by atoms with E-state index in [1.54, 1.807) is 0 Å². The van der Waals surface area contributed by atoms with Gasteiger partial charge < -0.3 is 5.11 Å². The molecular weight excluding hydrogens is 147 g/mol. The Kier molecular flexibility index (Phi) is 5.85. The highest BCUT2D eigenvalue weighted by Gasteiger charge is 2.21. The molecule has 0 saturated carbocycles. The van der Waals surface area contributed by atoms with Crippen LogP contribution in [0.4, 0.5) is 0 Å². The summed E-state index contributed by atoms with van der Waals surface area (Å²) in [5.74, 6) is 0. The summed E-state index contributed by atoms with van der Waals surface area (Å²) >= 11 is 0. The van der Waals surface area contributed by atoms with Crippen LogP contribution in [0, 0.1) is 0 Å². The molecule has 0 fully saturated rings. The van der Waals surface area contributed by atoms with E-state index in [9.17, 15) is 4.57 Å². The summed E-state index contributed by atoms with van der Waals surface area (Å²) in [5.41, 5.74) is 0.321. The van der Waals surface area contributed by atoms with Crippen molar-refractivity contribution in [2.24, 2.45) is 0 Å². The van der Waals surface area contributed by atoms with Gasteiger partial charge in [-0.3, -0.25) is 0 Å². The Labute approximate surface area is 63.4 Å². The fourth-order valence-corrected chi connectivity index (χ4v) is 1.95. The minimum absolute atomic E-state index is 0.164. The molecule has 2 nitrogen and oxygen atoms in total. The highest BCUT2D eigenvalue weighted by molar-refractivity contribution is 7.45. The molecule has 0 radical (unpaired) electrons. The molecule has 0 amide bonds. The summed E-state index contributed by atoms with van der Waals surface area (Å²) in [4.78, 5) is 0. The van der Waals surface area contributed by atoms with Crippen molar-refractivity contribution in [1.82, 2.24) is 0 Å². The fraction of sp³-hybridized carbons (Fsp3) is 1.00. The fourth-order valence-electron chi connectivity index (χ4n) is 0.651. The Bertz CT molecular complexity index is 104. The van der Waals surface area contributed by atoms with Crippen molar-refractivity contribution in [3.8, 4) is 0 Å². The smallest absolute Gasteiger partial charge is 0.341 e. The average molecular weight is 163 g/mol. The summed E-state index contributed by atoms with van der Waals surface area (Å²) in [6.45, 7) is 4.20. The number of aliphatic hydroxyl groups excluding tert-OH is 1. The molecule has 0 aromatic carbocycles. The first kappa shape index (κ1) is 10.1. The van der Waals surface area contributed by atoms with E-state index in [-0.39, 0.29) is 6.61 Å². The lowest BCUT2D eigenvalue weighted by Crippen LogP contribution is -1.96. The number of aliphatic hydroxyl groups is 1. The first-order chi connectivity index (χ1) is 4.72. The zero-order valence-corrected chi connectivity index (χ0v) is 7.60. The third-order valence-electron chi connectivity index (χ3n) is 1.62. The Morgan fingerprint density at radius 3 is 2.60 bits per heavy atom. The minimum Gasteiger partial charge on any atom is -0.396 e. The van der Waals surface area contributed by atoms with E-state index in [1.807, 2.05) is 13.8 Å². The first-order valence-electron chi connectivity index (χ1n) is 3.77. The molecule has 2 unspecified atom stereocenters. The maximum atomic E-state index is 11.2. The molecule has 0 heterocycles. The van der Waals surface area contributed by atoms with Crippen LogP contribution in [0.1, 0.15) is 26.7 Å². The predicted molar refractivity (Wildman–Crippen MR) is 43.9 cm³/mol.